The summed E-state index contributed by atoms with van der Waals surface area (Å²) in [5.41, 5.74) is 4.01. The molecule has 32 heavy (non-hydrogen) atoms. The maximum atomic E-state index is 6.00. The first-order valence-corrected chi connectivity index (χ1v) is 12.1. The molecule has 0 bridgehead atoms. The highest BCUT2D eigenvalue weighted by atomic mass is 16.5. The van der Waals surface area contributed by atoms with E-state index in [0.717, 1.165) is 73.9 Å². The van der Waals surface area contributed by atoms with Gasteiger partial charge in [-0.05, 0) is 37.9 Å². The Morgan fingerprint density at radius 2 is 1.78 bits per heavy atom. The fourth-order valence-electron chi connectivity index (χ4n) is 3.93. The normalized spacial score (nSPS) is 14.8. The zero-order valence-electron chi connectivity index (χ0n) is 20.7. The lowest BCUT2D eigenvalue weighted by Gasteiger charge is -2.34. The molecule has 2 aromatic heterocycles. The summed E-state index contributed by atoms with van der Waals surface area (Å²) in [7, 11) is 4.05. The Labute approximate surface area is 193 Å². The van der Waals surface area contributed by atoms with Crippen LogP contribution in [0.4, 0.5) is 11.6 Å². The van der Waals surface area contributed by atoms with Gasteiger partial charge in [-0.2, -0.15) is 0 Å². The fourth-order valence-corrected chi connectivity index (χ4v) is 3.93. The molecule has 1 aliphatic rings. The van der Waals surface area contributed by atoms with Crippen LogP contribution in [0, 0.1) is 0 Å². The molecule has 0 unspecified atom stereocenters. The molecule has 2 aromatic rings. The van der Waals surface area contributed by atoms with E-state index in [9.17, 15) is 0 Å². The molecule has 1 saturated heterocycles. The first kappa shape index (κ1) is 24.2. The lowest BCUT2D eigenvalue weighted by Crippen LogP contribution is -2.45. The van der Waals surface area contributed by atoms with Crippen LogP contribution >= 0.6 is 0 Å². The number of piperazine rings is 1. The van der Waals surface area contributed by atoms with E-state index in [0.29, 0.717) is 24.2 Å². The van der Waals surface area contributed by atoms with Crippen LogP contribution in [0.3, 0.4) is 0 Å². The van der Waals surface area contributed by atoms with Crippen LogP contribution in [-0.4, -0.2) is 66.7 Å². The lowest BCUT2D eigenvalue weighted by molar-refractivity contribution is 0.294. The average Bonchev–Trinajstić information content (AvgIpc) is 2.81. The minimum atomic E-state index is 0.374. The summed E-state index contributed by atoms with van der Waals surface area (Å²) in [6.07, 6.45) is 4.13. The third-order valence-electron chi connectivity index (χ3n) is 6.04. The fraction of sp³-hybridized carbons (Fsp3) is 0.640. The molecule has 0 aromatic carbocycles. The summed E-state index contributed by atoms with van der Waals surface area (Å²) in [6.45, 7) is 13.4. The first-order chi connectivity index (χ1) is 15.5. The third kappa shape index (κ3) is 5.68. The largest absolute Gasteiger partial charge is 0.475 e. The second kappa shape index (κ2) is 11.5. The standard InChI is InChI=1S/C25H40N6O/c1-7-9-10-17-32-25-23(26-5)29-22(20(8-2)28-25)19-11-12-21(18(3)4)27-24(19)31-15-13-30(6)14-16-31/h11-12,18H,7-10,13-17H2,1-6H3,(H,26,29). The van der Waals surface area contributed by atoms with Gasteiger partial charge < -0.3 is 19.9 Å². The number of nitrogens with one attached hydrogen (secondary N) is 1. The Kier molecular flexibility index (Phi) is 8.67. The van der Waals surface area contributed by atoms with Crippen molar-refractivity contribution in [3.05, 3.63) is 23.5 Å². The van der Waals surface area contributed by atoms with Crippen molar-refractivity contribution in [1.82, 2.24) is 19.9 Å². The molecule has 0 saturated carbocycles. The van der Waals surface area contributed by atoms with Gasteiger partial charge in [-0.15, -0.1) is 0 Å². The molecule has 0 atom stereocenters. The van der Waals surface area contributed by atoms with Gasteiger partial charge >= 0.3 is 0 Å². The van der Waals surface area contributed by atoms with Crippen molar-refractivity contribution in [1.29, 1.82) is 0 Å². The van der Waals surface area contributed by atoms with Crippen LogP contribution in [0.25, 0.3) is 11.3 Å². The summed E-state index contributed by atoms with van der Waals surface area (Å²) >= 11 is 0. The number of likely N-dealkylation sites (N-methyl/N-ethyl adjacent to an activating group) is 1. The summed E-state index contributed by atoms with van der Waals surface area (Å²) < 4.78 is 6.00. The molecule has 0 amide bonds. The van der Waals surface area contributed by atoms with Crippen molar-refractivity contribution in [2.75, 3.05) is 57.1 Å². The van der Waals surface area contributed by atoms with Crippen molar-refractivity contribution >= 4 is 11.6 Å². The highest BCUT2D eigenvalue weighted by Crippen LogP contribution is 2.35. The molecule has 0 spiro atoms. The van der Waals surface area contributed by atoms with Crippen molar-refractivity contribution < 1.29 is 4.74 Å². The second-order valence-corrected chi connectivity index (χ2v) is 8.88. The molecule has 7 heteroatoms. The zero-order valence-corrected chi connectivity index (χ0v) is 20.7. The van der Waals surface area contributed by atoms with Crippen LogP contribution in [0.2, 0.25) is 0 Å². The number of anilines is 2. The first-order valence-electron chi connectivity index (χ1n) is 12.1. The van der Waals surface area contributed by atoms with Gasteiger partial charge in [0.05, 0.1) is 18.0 Å². The molecule has 1 aliphatic heterocycles. The molecule has 7 nitrogen and oxygen atoms in total. The summed E-state index contributed by atoms with van der Waals surface area (Å²) in [4.78, 5) is 19.8. The van der Waals surface area contributed by atoms with E-state index in [1.807, 2.05) is 7.05 Å². The Balaban J connectivity index is 2.03. The topological polar surface area (TPSA) is 66.4 Å². The van der Waals surface area contributed by atoms with Gasteiger partial charge in [-0.25, -0.2) is 15.0 Å². The second-order valence-electron chi connectivity index (χ2n) is 8.88. The molecule has 0 aliphatic carbocycles. The summed E-state index contributed by atoms with van der Waals surface area (Å²) in [5.74, 6) is 2.67. The third-order valence-corrected chi connectivity index (χ3v) is 6.04. The molecule has 1 N–H and O–H groups in total. The quantitative estimate of drug-likeness (QED) is 0.542. The molecule has 176 valence electrons. The molecule has 0 radical (unpaired) electrons. The highest BCUT2D eigenvalue weighted by molar-refractivity contribution is 5.76. The van der Waals surface area contributed by atoms with E-state index < -0.39 is 0 Å². The van der Waals surface area contributed by atoms with Crippen LogP contribution < -0.4 is 15.0 Å². The molecule has 3 rings (SSSR count). The van der Waals surface area contributed by atoms with Crippen molar-refractivity contribution in [2.24, 2.45) is 0 Å². The van der Waals surface area contributed by atoms with Gasteiger partial charge in [-0.3, -0.25) is 0 Å². The van der Waals surface area contributed by atoms with Gasteiger partial charge in [0.2, 0.25) is 0 Å². The SMILES string of the molecule is CCCCCOc1nc(CC)c(-c2ccc(C(C)C)nc2N2CCN(C)CC2)nc1NC. The van der Waals surface area contributed by atoms with E-state index in [2.05, 4.69) is 62.0 Å². The number of nitrogens with zero attached hydrogens (tertiary/aromatic N) is 5. The highest BCUT2D eigenvalue weighted by Gasteiger charge is 2.24. The van der Waals surface area contributed by atoms with E-state index in [-0.39, 0.29) is 0 Å². The summed E-state index contributed by atoms with van der Waals surface area (Å²) in [5, 5.41) is 3.19. The van der Waals surface area contributed by atoms with Crippen molar-refractivity contribution in [3.63, 3.8) is 0 Å². The number of rotatable bonds is 10. The van der Waals surface area contributed by atoms with E-state index >= 15 is 0 Å². The molecule has 3 heterocycles. The monoisotopic (exact) mass is 440 g/mol. The van der Waals surface area contributed by atoms with Crippen molar-refractivity contribution in [3.8, 4) is 17.1 Å². The number of aromatic nitrogens is 3. The Hall–Kier alpha value is -2.41. The van der Waals surface area contributed by atoms with E-state index in [1.165, 1.54) is 6.42 Å². The Bertz CT molecular complexity index is 877. The van der Waals surface area contributed by atoms with Gasteiger partial charge in [0.15, 0.2) is 5.82 Å². The predicted octanol–water partition coefficient (Wildman–Crippen LogP) is 4.59. The minimum absolute atomic E-state index is 0.374. The van der Waals surface area contributed by atoms with Gasteiger partial charge in [0.25, 0.3) is 5.88 Å². The number of ether oxygens (including phenoxy) is 1. The smallest absolute Gasteiger partial charge is 0.257 e. The van der Waals surface area contributed by atoms with E-state index in [4.69, 9.17) is 19.7 Å². The van der Waals surface area contributed by atoms with Crippen LogP contribution in [0.15, 0.2) is 12.1 Å². The number of hydrogen-bond acceptors (Lipinski definition) is 7. The Morgan fingerprint density at radius 3 is 2.41 bits per heavy atom. The van der Waals surface area contributed by atoms with Crippen LogP contribution in [0.1, 0.15) is 64.3 Å². The Morgan fingerprint density at radius 1 is 1.03 bits per heavy atom. The zero-order chi connectivity index (χ0) is 23.1. The van der Waals surface area contributed by atoms with Gasteiger partial charge in [0, 0.05) is 44.5 Å². The number of unbranched alkanes of at least 4 members (excludes halogenated alkanes) is 2. The molecular weight excluding hydrogens is 400 g/mol. The van der Waals surface area contributed by atoms with Crippen molar-refractivity contribution in [2.45, 2.75) is 59.3 Å². The molecular formula is C25H40N6O. The van der Waals surface area contributed by atoms with Gasteiger partial charge in [-0.1, -0.05) is 40.5 Å². The van der Waals surface area contributed by atoms with Gasteiger partial charge in [0.1, 0.15) is 5.82 Å². The van der Waals surface area contributed by atoms with E-state index in [1.54, 1.807) is 0 Å². The number of aryl methyl sites for hydroxylation is 1. The lowest BCUT2D eigenvalue weighted by atomic mass is 10.0. The van der Waals surface area contributed by atoms with Crippen LogP contribution in [0.5, 0.6) is 5.88 Å². The number of pyridine rings is 1. The average molecular weight is 441 g/mol. The minimum Gasteiger partial charge on any atom is -0.475 e. The maximum absolute atomic E-state index is 6.00. The molecule has 1 fully saturated rings. The number of hydrogen-bond donors (Lipinski definition) is 1. The predicted molar refractivity (Wildman–Crippen MR) is 133 cm³/mol. The maximum Gasteiger partial charge on any atom is 0.257 e. The van der Waals surface area contributed by atoms with Crippen LogP contribution in [-0.2, 0) is 6.42 Å². The summed E-state index contributed by atoms with van der Waals surface area (Å²) in [6, 6.07) is 4.31.